The SMILES string of the molecule is CC(NC(=O)CCC1CCCN1)c1cccc(OC(F)F)c1. The maximum absolute atomic E-state index is 12.2. The van der Waals surface area contributed by atoms with Crippen LogP contribution in [-0.4, -0.2) is 25.1 Å². The van der Waals surface area contributed by atoms with E-state index in [1.807, 2.05) is 6.92 Å². The molecule has 1 aromatic rings. The van der Waals surface area contributed by atoms with Crippen molar-refractivity contribution < 1.29 is 18.3 Å². The molecule has 2 atom stereocenters. The number of alkyl halides is 2. The van der Waals surface area contributed by atoms with Gasteiger partial charge in [-0.25, -0.2) is 0 Å². The fourth-order valence-electron chi connectivity index (χ4n) is 2.67. The number of nitrogens with one attached hydrogen (secondary N) is 2. The summed E-state index contributed by atoms with van der Waals surface area (Å²) in [5.41, 5.74) is 0.741. The minimum absolute atomic E-state index is 0.0265. The monoisotopic (exact) mass is 312 g/mol. The Hall–Kier alpha value is -1.69. The van der Waals surface area contributed by atoms with Gasteiger partial charge in [-0.05, 0) is 50.4 Å². The summed E-state index contributed by atoms with van der Waals surface area (Å²) in [6.07, 6.45) is 3.58. The highest BCUT2D eigenvalue weighted by molar-refractivity contribution is 5.76. The van der Waals surface area contributed by atoms with E-state index in [1.54, 1.807) is 12.1 Å². The predicted octanol–water partition coefficient (Wildman–Crippen LogP) is 3.00. The van der Waals surface area contributed by atoms with E-state index < -0.39 is 6.61 Å². The molecule has 22 heavy (non-hydrogen) atoms. The highest BCUT2D eigenvalue weighted by atomic mass is 19.3. The Labute approximate surface area is 129 Å². The molecular weight excluding hydrogens is 290 g/mol. The molecule has 2 N–H and O–H groups in total. The van der Waals surface area contributed by atoms with E-state index in [4.69, 9.17) is 0 Å². The predicted molar refractivity (Wildman–Crippen MR) is 79.9 cm³/mol. The number of hydrogen-bond acceptors (Lipinski definition) is 3. The van der Waals surface area contributed by atoms with E-state index in [0.29, 0.717) is 12.5 Å². The number of carbonyl (C=O) groups is 1. The molecule has 0 aromatic heterocycles. The summed E-state index contributed by atoms with van der Waals surface area (Å²) < 4.78 is 28.8. The van der Waals surface area contributed by atoms with Crippen molar-refractivity contribution in [1.82, 2.24) is 10.6 Å². The lowest BCUT2D eigenvalue weighted by atomic mass is 10.1. The quantitative estimate of drug-likeness (QED) is 0.814. The van der Waals surface area contributed by atoms with Crippen LogP contribution in [0.3, 0.4) is 0 Å². The van der Waals surface area contributed by atoms with Crippen LogP contribution in [0, 0.1) is 0 Å². The largest absolute Gasteiger partial charge is 0.435 e. The molecule has 1 fully saturated rings. The summed E-state index contributed by atoms with van der Waals surface area (Å²) in [6, 6.07) is 6.60. The molecule has 1 saturated heterocycles. The third-order valence-electron chi connectivity index (χ3n) is 3.84. The Morgan fingerprint density at radius 3 is 3.00 bits per heavy atom. The number of rotatable bonds is 7. The summed E-state index contributed by atoms with van der Waals surface area (Å²) in [5.74, 6) is 0.0742. The molecule has 0 radical (unpaired) electrons. The van der Waals surface area contributed by atoms with Gasteiger partial charge >= 0.3 is 6.61 Å². The first-order valence-electron chi connectivity index (χ1n) is 7.62. The van der Waals surface area contributed by atoms with Crippen molar-refractivity contribution in [3.63, 3.8) is 0 Å². The molecule has 0 aliphatic carbocycles. The van der Waals surface area contributed by atoms with Crippen LogP contribution in [0.25, 0.3) is 0 Å². The Kier molecular flexibility index (Phi) is 6.12. The van der Waals surface area contributed by atoms with E-state index in [9.17, 15) is 13.6 Å². The fraction of sp³-hybridized carbons (Fsp3) is 0.562. The topological polar surface area (TPSA) is 50.4 Å². The molecule has 6 heteroatoms. The van der Waals surface area contributed by atoms with Crippen LogP contribution in [0.5, 0.6) is 5.75 Å². The number of halogens is 2. The lowest BCUT2D eigenvalue weighted by Gasteiger charge is -2.16. The Morgan fingerprint density at radius 2 is 2.32 bits per heavy atom. The lowest BCUT2D eigenvalue weighted by Crippen LogP contribution is -2.29. The van der Waals surface area contributed by atoms with Crippen LogP contribution < -0.4 is 15.4 Å². The van der Waals surface area contributed by atoms with Crippen molar-refractivity contribution in [2.45, 2.75) is 51.3 Å². The molecule has 1 amide bonds. The van der Waals surface area contributed by atoms with E-state index in [-0.39, 0.29) is 17.7 Å². The van der Waals surface area contributed by atoms with Gasteiger partial charge in [-0.1, -0.05) is 12.1 Å². The molecule has 0 bridgehead atoms. The van der Waals surface area contributed by atoms with Crippen molar-refractivity contribution in [3.05, 3.63) is 29.8 Å². The average Bonchev–Trinajstić information content (AvgIpc) is 2.98. The average molecular weight is 312 g/mol. The standard InChI is InChI=1S/C16H22F2N2O2/c1-11(12-4-2-6-14(10-12)22-16(17)18)20-15(21)8-7-13-5-3-9-19-13/h2,4,6,10-11,13,16,19H,3,5,7-9H2,1H3,(H,20,21). The molecule has 122 valence electrons. The zero-order valence-corrected chi connectivity index (χ0v) is 12.6. The smallest absolute Gasteiger partial charge is 0.387 e. The molecular formula is C16H22F2N2O2. The molecule has 1 aromatic carbocycles. The van der Waals surface area contributed by atoms with E-state index in [1.165, 1.54) is 18.6 Å². The van der Waals surface area contributed by atoms with Crippen LogP contribution in [0.4, 0.5) is 8.78 Å². The number of hydrogen-bond donors (Lipinski definition) is 2. The van der Waals surface area contributed by atoms with Crippen molar-refractivity contribution in [2.24, 2.45) is 0 Å². The summed E-state index contributed by atoms with van der Waals surface area (Å²) in [5, 5.41) is 6.25. The lowest BCUT2D eigenvalue weighted by molar-refractivity contribution is -0.121. The van der Waals surface area contributed by atoms with Crippen LogP contribution in [0.2, 0.25) is 0 Å². The molecule has 0 spiro atoms. The second kappa shape index (κ2) is 8.08. The molecule has 0 saturated carbocycles. The van der Waals surface area contributed by atoms with Gasteiger partial charge in [0.2, 0.25) is 5.91 Å². The van der Waals surface area contributed by atoms with Crippen molar-refractivity contribution in [3.8, 4) is 5.75 Å². The number of benzene rings is 1. The fourth-order valence-corrected chi connectivity index (χ4v) is 2.67. The highest BCUT2D eigenvalue weighted by Gasteiger charge is 2.16. The van der Waals surface area contributed by atoms with Crippen LogP contribution in [0.1, 0.15) is 44.2 Å². The van der Waals surface area contributed by atoms with Gasteiger partial charge in [0.15, 0.2) is 0 Å². The van der Waals surface area contributed by atoms with Crippen LogP contribution in [0.15, 0.2) is 24.3 Å². The molecule has 4 nitrogen and oxygen atoms in total. The van der Waals surface area contributed by atoms with Gasteiger partial charge in [0.1, 0.15) is 5.75 Å². The van der Waals surface area contributed by atoms with Crippen molar-refractivity contribution >= 4 is 5.91 Å². The molecule has 1 aliphatic rings. The van der Waals surface area contributed by atoms with Crippen LogP contribution in [-0.2, 0) is 4.79 Å². The van der Waals surface area contributed by atoms with Crippen molar-refractivity contribution in [1.29, 1.82) is 0 Å². The zero-order valence-electron chi connectivity index (χ0n) is 12.6. The van der Waals surface area contributed by atoms with Crippen molar-refractivity contribution in [2.75, 3.05) is 6.54 Å². The summed E-state index contributed by atoms with van der Waals surface area (Å²) in [4.78, 5) is 12.0. The van der Waals surface area contributed by atoms with Gasteiger partial charge in [0.25, 0.3) is 0 Å². The third-order valence-corrected chi connectivity index (χ3v) is 3.84. The Balaban J connectivity index is 1.82. The van der Waals surface area contributed by atoms with Gasteiger partial charge in [-0.3, -0.25) is 4.79 Å². The molecule has 1 aliphatic heterocycles. The second-order valence-corrected chi connectivity index (χ2v) is 5.57. The summed E-state index contributed by atoms with van der Waals surface area (Å²) in [7, 11) is 0. The number of carbonyl (C=O) groups excluding carboxylic acids is 1. The van der Waals surface area contributed by atoms with E-state index in [2.05, 4.69) is 15.4 Å². The minimum Gasteiger partial charge on any atom is -0.435 e. The van der Waals surface area contributed by atoms with Gasteiger partial charge in [-0.2, -0.15) is 8.78 Å². The zero-order chi connectivity index (χ0) is 15.9. The van der Waals surface area contributed by atoms with E-state index in [0.717, 1.165) is 24.9 Å². The molecule has 1 heterocycles. The highest BCUT2D eigenvalue weighted by Crippen LogP contribution is 2.21. The Morgan fingerprint density at radius 1 is 1.50 bits per heavy atom. The van der Waals surface area contributed by atoms with Gasteiger partial charge in [0, 0.05) is 12.5 Å². The number of amides is 1. The maximum Gasteiger partial charge on any atom is 0.387 e. The van der Waals surface area contributed by atoms with Crippen LogP contribution >= 0.6 is 0 Å². The summed E-state index contributed by atoms with van der Waals surface area (Å²) >= 11 is 0. The van der Waals surface area contributed by atoms with E-state index >= 15 is 0 Å². The first-order valence-corrected chi connectivity index (χ1v) is 7.62. The normalized spacial score (nSPS) is 19.2. The van der Waals surface area contributed by atoms with Gasteiger partial charge in [-0.15, -0.1) is 0 Å². The molecule has 2 rings (SSSR count). The van der Waals surface area contributed by atoms with Gasteiger partial charge in [0.05, 0.1) is 6.04 Å². The first kappa shape index (κ1) is 16.7. The number of ether oxygens (including phenoxy) is 1. The Bertz CT molecular complexity index is 491. The first-order chi connectivity index (χ1) is 10.5. The van der Waals surface area contributed by atoms with Gasteiger partial charge < -0.3 is 15.4 Å². The molecule has 2 unspecified atom stereocenters. The third kappa shape index (κ3) is 5.26. The maximum atomic E-state index is 12.2. The minimum atomic E-state index is -2.85. The second-order valence-electron chi connectivity index (χ2n) is 5.57. The summed E-state index contributed by atoms with van der Waals surface area (Å²) in [6.45, 7) is 0.00590.